The van der Waals surface area contributed by atoms with E-state index in [1.165, 1.54) is 51.9 Å². The summed E-state index contributed by atoms with van der Waals surface area (Å²) < 4.78 is 0. The van der Waals surface area contributed by atoms with Crippen molar-refractivity contribution in [3.63, 3.8) is 0 Å². The molecule has 0 spiro atoms. The maximum atomic E-state index is 3.67. The zero-order valence-corrected chi connectivity index (χ0v) is 11.8. The van der Waals surface area contributed by atoms with Crippen molar-refractivity contribution >= 4 is 0 Å². The first-order valence-electron chi connectivity index (χ1n) is 7.27. The molecule has 0 aromatic carbocycles. The third-order valence-electron chi connectivity index (χ3n) is 4.21. The predicted molar refractivity (Wildman–Crippen MR) is 73.3 cm³/mol. The highest BCUT2D eigenvalue weighted by molar-refractivity contribution is 4.85. The smallest absolute Gasteiger partial charge is 0.00792 e. The summed E-state index contributed by atoms with van der Waals surface area (Å²) in [5.74, 6) is 0.900. The number of hydrogen-bond donors (Lipinski definition) is 1. The lowest BCUT2D eigenvalue weighted by Crippen LogP contribution is -2.34. The molecule has 1 heterocycles. The third-order valence-corrected chi connectivity index (χ3v) is 4.21. The molecule has 0 radical (unpaired) electrons. The third kappa shape index (κ3) is 4.57. The second-order valence-corrected chi connectivity index (χ2v) is 6.27. The second kappa shape index (κ2) is 6.17. The maximum absolute atomic E-state index is 3.67. The van der Waals surface area contributed by atoms with Crippen LogP contribution in [0.1, 0.15) is 32.6 Å². The van der Waals surface area contributed by atoms with Gasteiger partial charge in [0.15, 0.2) is 0 Å². The van der Waals surface area contributed by atoms with E-state index in [2.05, 4.69) is 36.1 Å². The molecule has 17 heavy (non-hydrogen) atoms. The van der Waals surface area contributed by atoms with Gasteiger partial charge in [0, 0.05) is 18.6 Å². The van der Waals surface area contributed by atoms with Gasteiger partial charge in [-0.05, 0) is 72.3 Å². The zero-order chi connectivity index (χ0) is 12.3. The minimum atomic E-state index is 0.753. The summed E-state index contributed by atoms with van der Waals surface area (Å²) >= 11 is 0. The molecule has 2 unspecified atom stereocenters. The van der Waals surface area contributed by atoms with E-state index in [9.17, 15) is 0 Å². The van der Waals surface area contributed by atoms with E-state index < -0.39 is 0 Å². The van der Waals surface area contributed by atoms with Crippen molar-refractivity contribution in [3.05, 3.63) is 0 Å². The van der Waals surface area contributed by atoms with Gasteiger partial charge in [-0.15, -0.1) is 0 Å². The monoisotopic (exact) mass is 239 g/mol. The molecule has 1 N–H and O–H groups in total. The Bertz CT molecular complexity index is 226. The molecular weight excluding hydrogens is 210 g/mol. The van der Waals surface area contributed by atoms with Gasteiger partial charge in [-0.1, -0.05) is 0 Å². The highest BCUT2D eigenvalue weighted by Gasteiger charge is 2.28. The van der Waals surface area contributed by atoms with Gasteiger partial charge >= 0.3 is 0 Å². The van der Waals surface area contributed by atoms with Crippen molar-refractivity contribution in [2.45, 2.75) is 44.7 Å². The molecule has 0 aromatic heterocycles. The Labute approximate surface area is 107 Å². The summed E-state index contributed by atoms with van der Waals surface area (Å²) in [4.78, 5) is 4.97. The summed E-state index contributed by atoms with van der Waals surface area (Å²) in [6.45, 7) is 7.48. The van der Waals surface area contributed by atoms with Gasteiger partial charge in [0.05, 0.1) is 0 Å². The molecule has 1 aliphatic heterocycles. The van der Waals surface area contributed by atoms with Crippen molar-refractivity contribution in [1.82, 2.24) is 15.1 Å². The average molecular weight is 239 g/mol. The zero-order valence-electron chi connectivity index (χ0n) is 11.8. The van der Waals surface area contributed by atoms with Gasteiger partial charge in [0.2, 0.25) is 0 Å². The fourth-order valence-electron chi connectivity index (χ4n) is 2.68. The number of nitrogens with zero attached hydrogens (tertiary/aromatic N) is 2. The molecule has 2 fully saturated rings. The first-order valence-corrected chi connectivity index (χ1v) is 7.27. The van der Waals surface area contributed by atoms with Gasteiger partial charge in [-0.25, -0.2) is 0 Å². The van der Waals surface area contributed by atoms with Crippen LogP contribution in [0, 0.1) is 5.92 Å². The molecule has 0 bridgehead atoms. The molecule has 1 aliphatic carbocycles. The van der Waals surface area contributed by atoms with E-state index in [4.69, 9.17) is 0 Å². The van der Waals surface area contributed by atoms with Crippen LogP contribution in [-0.2, 0) is 0 Å². The van der Waals surface area contributed by atoms with Gasteiger partial charge < -0.3 is 15.1 Å². The largest absolute Gasteiger partial charge is 0.314 e. The van der Waals surface area contributed by atoms with E-state index in [0.717, 1.165) is 18.0 Å². The Kier molecular flexibility index (Phi) is 4.83. The summed E-state index contributed by atoms with van der Waals surface area (Å²) in [5, 5.41) is 3.67. The van der Waals surface area contributed by atoms with Crippen molar-refractivity contribution < 1.29 is 0 Å². The fourth-order valence-corrected chi connectivity index (χ4v) is 2.68. The minimum absolute atomic E-state index is 0.753. The first kappa shape index (κ1) is 13.3. The van der Waals surface area contributed by atoms with Crippen LogP contribution in [0.5, 0.6) is 0 Å². The fraction of sp³-hybridized carbons (Fsp3) is 1.00. The first-order chi connectivity index (χ1) is 8.15. The Morgan fingerprint density at radius 1 is 1.29 bits per heavy atom. The number of hydrogen-bond acceptors (Lipinski definition) is 3. The summed E-state index contributed by atoms with van der Waals surface area (Å²) in [6.07, 6.45) is 5.52. The molecule has 3 heteroatoms. The van der Waals surface area contributed by atoms with Gasteiger partial charge in [0.25, 0.3) is 0 Å². The van der Waals surface area contributed by atoms with Crippen LogP contribution < -0.4 is 5.32 Å². The van der Waals surface area contributed by atoms with E-state index >= 15 is 0 Å². The molecule has 1 saturated heterocycles. The van der Waals surface area contributed by atoms with Crippen molar-refractivity contribution in [1.29, 1.82) is 0 Å². The molecule has 3 nitrogen and oxygen atoms in total. The maximum Gasteiger partial charge on any atom is 0.00792 e. The number of nitrogens with one attached hydrogen (secondary N) is 1. The number of rotatable bonds is 7. The quantitative estimate of drug-likeness (QED) is 0.724. The Balaban J connectivity index is 1.61. The van der Waals surface area contributed by atoms with Crippen LogP contribution >= 0.6 is 0 Å². The highest BCUT2D eigenvalue weighted by Crippen LogP contribution is 2.22. The SMILES string of the molecule is CC(CCN(C)C)N1CCC(CNC2CC2)C1. The average Bonchev–Trinajstić information content (AvgIpc) is 3.00. The van der Waals surface area contributed by atoms with Crippen molar-refractivity contribution in [2.75, 3.05) is 40.3 Å². The van der Waals surface area contributed by atoms with Gasteiger partial charge in [-0.3, -0.25) is 0 Å². The van der Waals surface area contributed by atoms with E-state index in [1.807, 2.05) is 0 Å². The van der Waals surface area contributed by atoms with Crippen molar-refractivity contribution in [3.8, 4) is 0 Å². The van der Waals surface area contributed by atoms with E-state index in [-0.39, 0.29) is 0 Å². The van der Waals surface area contributed by atoms with Crippen LogP contribution in [0.4, 0.5) is 0 Å². The Morgan fingerprint density at radius 3 is 2.71 bits per heavy atom. The molecule has 1 saturated carbocycles. The van der Waals surface area contributed by atoms with Gasteiger partial charge in [0.1, 0.15) is 0 Å². The number of likely N-dealkylation sites (tertiary alicyclic amines) is 1. The lowest BCUT2D eigenvalue weighted by atomic mass is 10.1. The molecule has 0 aromatic rings. The van der Waals surface area contributed by atoms with E-state index in [1.54, 1.807) is 0 Å². The Hall–Kier alpha value is -0.120. The molecule has 0 amide bonds. The highest BCUT2D eigenvalue weighted by atomic mass is 15.2. The predicted octanol–water partition coefficient (Wildman–Crippen LogP) is 1.40. The molecule has 100 valence electrons. The molecule has 2 rings (SSSR count). The molecule has 2 aliphatic rings. The van der Waals surface area contributed by atoms with Crippen molar-refractivity contribution in [2.24, 2.45) is 5.92 Å². The van der Waals surface area contributed by atoms with Crippen LogP contribution in [-0.4, -0.2) is 62.2 Å². The second-order valence-electron chi connectivity index (χ2n) is 6.27. The molecule has 2 atom stereocenters. The standard InChI is InChI=1S/C14H29N3/c1-12(6-8-16(2)3)17-9-7-13(11-17)10-15-14-4-5-14/h12-15H,4-11H2,1-3H3. The van der Waals surface area contributed by atoms with Crippen LogP contribution in [0.2, 0.25) is 0 Å². The summed E-state index contributed by atoms with van der Waals surface area (Å²) in [7, 11) is 4.33. The van der Waals surface area contributed by atoms with E-state index in [0.29, 0.717) is 0 Å². The van der Waals surface area contributed by atoms with Crippen LogP contribution in [0.25, 0.3) is 0 Å². The minimum Gasteiger partial charge on any atom is -0.314 e. The molecular formula is C14H29N3. The lowest BCUT2D eigenvalue weighted by Gasteiger charge is -2.25. The van der Waals surface area contributed by atoms with Crippen LogP contribution in [0.3, 0.4) is 0 Å². The summed E-state index contributed by atoms with van der Waals surface area (Å²) in [5.41, 5.74) is 0. The normalized spacial score (nSPS) is 27.9. The van der Waals surface area contributed by atoms with Crippen LogP contribution in [0.15, 0.2) is 0 Å². The van der Waals surface area contributed by atoms with Gasteiger partial charge in [-0.2, -0.15) is 0 Å². The lowest BCUT2D eigenvalue weighted by molar-refractivity contribution is 0.220. The summed E-state index contributed by atoms with van der Waals surface area (Å²) in [6, 6.07) is 1.62. The topological polar surface area (TPSA) is 18.5 Å². The Morgan fingerprint density at radius 2 is 2.06 bits per heavy atom.